The number of rotatable bonds is 2. The van der Waals surface area contributed by atoms with E-state index in [9.17, 15) is 5.11 Å². The number of nitrogens with zero attached hydrogens (tertiary/aromatic N) is 3. The molecule has 0 radical (unpaired) electrons. The molecule has 0 amide bonds. The first-order chi connectivity index (χ1) is 7.58. The summed E-state index contributed by atoms with van der Waals surface area (Å²) in [4.78, 5) is 0. The van der Waals surface area contributed by atoms with E-state index in [1.54, 1.807) is 17.8 Å². The summed E-state index contributed by atoms with van der Waals surface area (Å²) < 4.78 is 2.60. The SMILES string of the molecule is Cc1ccc(Br)c(-n2cc(C(C)O)nn2)c1. The van der Waals surface area contributed by atoms with Crippen molar-refractivity contribution in [3.63, 3.8) is 0 Å². The van der Waals surface area contributed by atoms with Gasteiger partial charge in [0.05, 0.1) is 18.0 Å². The van der Waals surface area contributed by atoms with Crippen molar-refractivity contribution >= 4 is 15.9 Å². The van der Waals surface area contributed by atoms with Gasteiger partial charge < -0.3 is 5.11 Å². The van der Waals surface area contributed by atoms with Crippen LogP contribution >= 0.6 is 15.9 Å². The van der Waals surface area contributed by atoms with Gasteiger partial charge in [-0.25, -0.2) is 4.68 Å². The molecule has 0 aliphatic heterocycles. The van der Waals surface area contributed by atoms with Gasteiger partial charge in [-0.1, -0.05) is 11.3 Å². The molecule has 1 heterocycles. The summed E-state index contributed by atoms with van der Waals surface area (Å²) in [5.74, 6) is 0. The second-order valence-corrected chi connectivity index (χ2v) is 4.57. The van der Waals surface area contributed by atoms with Crippen LogP contribution in [-0.4, -0.2) is 20.1 Å². The molecule has 1 aromatic carbocycles. The fraction of sp³-hybridized carbons (Fsp3) is 0.273. The molecule has 1 unspecified atom stereocenters. The van der Waals surface area contributed by atoms with E-state index in [0.717, 1.165) is 15.7 Å². The summed E-state index contributed by atoms with van der Waals surface area (Å²) in [6, 6.07) is 5.99. The fourth-order valence-corrected chi connectivity index (χ4v) is 1.81. The first-order valence-electron chi connectivity index (χ1n) is 4.95. The quantitative estimate of drug-likeness (QED) is 0.920. The maximum atomic E-state index is 9.38. The minimum absolute atomic E-state index is 0.563. The van der Waals surface area contributed by atoms with Crippen LogP contribution in [0.25, 0.3) is 5.69 Å². The van der Waals surface area contributed by atoms with E-state index in [1.165, 1.54) is 0 Å². The zero-order chi connectivity index (χ0) is 11.7. The molecule has 4 nitrogen and oxygen atoms in total. The van der Waals surface area contributed by atoms with Gasteiger partial charge in [0.25, 0.3) is 0 Å². The zero-order valence-corrected chi connectivity index (χ0v) is 10.6. The Morgan fingerprint density at radius 2 is 2.19 bits per heavy atom. The molecule has 1 N–H and O–H groups in total. The monoisotopic (exact) mass is 281 g/mol. The number of aryl methyl sites for hydroxylation is 1. The summed E-state index contributed by atoms with van der Waals surface area (Å²) in [6.07, 6.45) is 1.13. The smallest absolute Gasteiger partial charge is 0.111 e. The average molecular weight is 282 g/mol. The number of hydrogen-bond donors (Lipinski definition) is 1. The van der Waals surface area contributed by atoms with Crippen LogP contribution in [0.5, 0.6) is 0 Å². The van der Waals surface area contributed by atoms with Gasteiger partial charge in [0, 0.05) is 4.47 Å². The first-order valence-corrected chi connectivity index (χ1v) is 5.74. The Labute approximate surface area is 102 Å². The van der Waals surface area contributed by atoms with Crippen molar-refractivity contribution in [2.75, 3.05) is 0 Å². The van der Waals surface area contributed by atoms with Crippen LogP contribution in [-0.2, 0) is 0 Å². The molecular formula is C11H12BrN3O. The van der Waals surface area contributed by atoms with Gasteiger partial charge >= 0.3 is 0 Å². The van der Waals surface area contributed by atoms with Crippen molar-refractivity contribution in [3.05, 3.63) is 40.1 Å². The molecule has 2 aromatic rings. The van der Waals surface area contributed by atoms with Crippen molar-refractivity contribution in [2.45, 2.75) is 20.0 Å². The number of hydrogen-bond acceptors (Lipinski definition) is 3. The molecule has 16 heavy (non-hydrogen) atoms. The van der Waals surface area contributed by atoms with Crippen LogP contribution in [0.15, 0.2) is 28.9 Å². The van der Waals surface area contributed by atoms with Crippen LogP contribution in [0.3, 0.4) is 0 Å². The maximum absolute atomic E-state index is 9.38. The molecule has 0 saturated carbocycles. The largest absolute Gasteiger partial charge is 0.387 e. The van der Waals surface area contributed by atoms with Crippen molar-refractivity contribution < 1.29 is 5.11 Å². The van der Waals surface area contributed by atoms with E-state index < -0.39 is 6.10 Å². The van der Waals surface area contributed by atoms with Crippen molar-refractivity contribution in [3.8, 4) is 5.69 Å². The van der Waals surface area contributed by atoms with Crippen LogP contribution in [0.4, 0.5) is 0 Å². The van der Waals surface area contributed by atoms with Gasteiger partial charge in [-0.3, -0.25) is 0 Å². The lowest BCUT2D eigenvalue weighted by molar-refractivity contribution is 0.194. The van der Waals surface area contributed by atoms with E-state index in [4.69, 9.17) is 0 Å². The summed E-state index contributed by atoms with van der Waals surface area (Å²) in [5.41, 5.74) is 2.63. The van der Waals surface area contributed by atoms with Crippen LogP contribution in [0, 0.1) is 6.92 Å². The Morgan fingerprint density at radius 3 is 2.81 bits per heavy atom. The zero-order valence-electron chi connectivity index (χ0n) is 9.05. The Kier molecular flexibility index (Phi) is 3.07. The molecule has 1 atom stereocenters. The Morgan fingerprint density at radius 1 is 1.44 bits per heavy atom. The minimum Gasteiger partial charge on any atom is -0.387 e. The van der Waals surface area contributed by atoms with Gasteiger partial charge in [0.2, 0.25) is 0 Å². The fourth-order valence-electron chi connectivity index (χ4n) is 1.38. The van der Waals surface area contributed by atoms with E-state index >= 15 is 0 Å². The third kappa shape index (κ3) is 2.15. The lowest BCUT2D eigenvalue weighted by Gasteiger charge is -2.04. The summed E-state index contributed by atoms with van der Waals surface area (Å²) >= 11 is 3.46. The second-order valence-electron chi connectivity index (χ2n) is 3.72. The number of aliphatic hydroxyl groups is 1. The van der Waals surface area contributed by atoms with Crippen LogP contribution in [0.2, 0.25) is 0 Å². The normalized spacial score (nSPS) is 12.8. The highest BCUT2D eigenvalue weighted by atomic mass is 79.9. The van der Waals surface area contributed by atoms with Crippen molar-refractivity contribution in [1.82, 2.24) is 15.0 Å². The molecule has 0 bridgehead atoms. The third-order valence-corrected chi connectivity index (χ3v) is 2.96. The first kappa shape index (κ1) is 11.3. The van der Waals surface area contributed by atoms with Crippen molar-refractivity contribution in [2.24, 2.45) is 0 Å². The molecular weight excluding hydrogens is 270 g/mol. The average Bonchev–Trinajstić information content (AvgIpc) is 2.70. The second kappa shape index (κ2) is 4.35. The third-order valence-electron chi connectivity index (χ3n) is 2.29. The number of aromatic nitrogens is 3. The van der Waals surface area contributed by atoms with Crippen molar-refractivity contribution in [1.29, 1.82) is 0 Å². The molecule has 5 heteroatoms. The molecule has 2 rings (SSSR count). The lowest BCUT2D eigenvalue weighted by Crippen LogP contribution is -1.96. The maximum Gasteiger partial charge on any atom is 0.111 e. The van der Waals surface area contributed by atoms with E-state index in [-0.39, 0.29) is 0 Å². The highest BCUT2D eigenvalue weighted by Crippen LogP contribution is 2.22. The van der Waals surface area contributed by atoms with E-state index in [1.807, 2.05) is 25.1 Å². The Bertz CT molecular complexity index is 508. The Hall–Kier alpha value is -1.20. The molecule has 0 fully saturated rings. The number of benzene rings is 1. The van der Waals surface area contributed by atoms with Gasteiger partial charge in [-0.15, -0.1) is 5.10 Å². The van der Waals surface area contributed by atoms with Gasteiger partial charge in [-0.05, 0) is 47.5 Å². The molecule has 84 valence electrons. The highest BCUT2D eigenvalue weighted by Gasteiger charge is 2.09. The number of aliphatic hydroxyl groups excluding tert-OH is 1. The van der Waals surface area contributed by atoms with Crippen LogP contribution < -0.4 is 0 Å². The predicted octanol–water partition coefficient (Wildman–Crippen LogP) is 2.39. The Balaban J connectivity index is 2.46. The van der Waals surface area contributed by atoms with Gasteiger partial charge in [0.15, 0.2) is 0 Å². The van der Waals surface area contributed by atoms with Gasteiger partial charge in [-0.2, -0.15) is 0 Å². The molecule has 1 aromatic heterocycles. The van der Waals surface area contributed by atoms with E-state index in [2.05, 4.69) is 26.2 Å². The predicted molar refractivity (Wildman–Crippen MR) is 64.4 cm³/mol. The molecule has 0 aliphatic rings. The topological polar surface area (TPSA) is 50.9 Å². The number of halogens is 1. The van der Waals surface area contributed by atoms with E-state index in [0.29, 0.717) is 5.69 Å². The standard InChI is InChI=1S/C11H12BrN3O/c1-7-3-4-9(12)11(5-7)15-6-10(8(2)16)13-14-15/h3-6,8,16H,1-2H3. The minimum atomic E-state index is -0.600. The highest BCUT2D eigenvalue weighted by molar-refractivity contribution is 9.10. The summed E-state index contributed by atoms with van der Waals surface area (Å²) in [7, 11) is 0. The lowest BCUT2D eigenvalue weighted by atomic mass is 10.2. The molecule has 0 saturated heterocycles. The van der Waals surface area contributed by atoms with Crippen LogP contribution in [0.1, 0.15) is 24.3 Å². The molecule has 0 aliphatic carbocycles. The summed E-state index contributed by atoms with van der Waals surface area (Å²) in [5, 5.41) is 17.3. The van der Waals surface area contributed by atoms with Gasteiger partial charge in [0.1, 0.15) is 5.69 Å². The molecule has 0 spiro atoms. The summed E-state index contributed by atoms with van der Waals surface area (Å²) in [6.45, 7) is 3.68.